The third kappa shape index (κ3) is 2.83. The number of benzene rings is 2. The Labute approximate surface area is 134 Å². The largest absolute Gasteiger partial charge is 0.369 e. The van der Waals surface area contributed by atoms with Crippen molar-refractivity contribution in [3.63, 3.8) is 0 Å². The van der Waals surface area contributed by atoms with Crippen molar-refractivity contribution in [2.24, 2.45) is 0 Å². The first-order valence-corrected chi connectivity index (χ1v) is 7.46. The van der Waals surface area contributed by atoms with E-state index in [2.05, 4.69) is 11.4 Å². The van der Waals surface area contributed by atoms with E-state index in [1.54, 1.807) is 19.1 Å². The predicted octanol–water partition coefficient (Wildman–Crippen LogP) is 2.59. The van der Waals surface area contributed by atoms with Gasteiger partial charge in [-0.25, -0.2) is 9.69 Å². The molecule has 1 fully saturated rings. The van der Waals surface area contributed by atoms with Crippen molar-refractivity contribution in [3.8, 4) is 11.1 Å². The Morgan fingerprint density at radius 3 is 2.35 bits per heavy atom. The lowest BCUT2D eigenvalue weighted by molar-refractivity contribution is -0.134. The predicted molar refractivity (Wildman–Crippen MR) is 86.4 cm³/mol. The Morgan fingerprint density at radius 1 is 1.09 bits per heavy atom. The number of nitrogens with one attached hydrogen (secondary N) is 1. The summed E-state index contributed by atoms with van der Waals surface area (Å²) >= 11 is 0. The highest BCUT2D eigenvalue weighted by molar-refractivity contribution is 6.04. The van der Waals surface area contributed by atoms with Gasteiger partial charge in [0.1, 0.15) is 6.04 Å². The van der Waals surface area contributed by atoms with Crippen LogP contribution in [0.4, 0.5) is 4.79 Å². The SMILES string of the molecule is Cc1cccc(-c2ccc([C@@H](O)N3C(=O)N[C@H](C)C3=O)cc2)c1. The summed E-state index contributed by atoms with van der Waals surface area (Å²) < 4.78 is 0. The van der Waals surface area contributed by atoms with Crippen LogP contribution in [0.15, 0.2) is 48.5 Å². The fraction of sp³-hybridized carbons (Fsp3) is 0.222. The minimum absolute atomic E-state index is 0.426. The fourth-order valence-corrected chi connectivity index (χ4v) is 2.68. The van der Waals surface area contributed by atoms with Gasteiger partial charge in [-0.15, -0.1) is 0 Å². The molecule has 2 N–H and O–H groups in total. The van der Waals surface area contributed by atoms with Crippen molar-refractivity contribution >= 4 is 11.9 Å². The monoisotopic (exact) mass is 310 g/mol. The molecule has 0 bridgehead atoms. The second kappa shape index (κ2) is 5.85. The van der Waals surface area contributed by atoms with Crippen LogP contribution in [0.5, 0.6) is 0 Å². The second-order valence-corrected chi connectivity index (χ2v) is 5.74. The molecule has 0 unspecified atom stereocenters. The number of amides is 3. The van der Waals surface area contributed by atoms with Gasteiger partial charge in [0.05, 0.1) is 0 Å². The first kappa shape index (κ1) is 15.2. The van der Waals surface area contributed by atoms with E-state index in [1.165, 1.54) is 5.56 Å². The number of hydrogen-bond acceptors (Lipinski definition) is 3. The zero-order valence-electron chi connectivity index (χ0n) is 13.0. The molecule has 0 radical (unpaired) electrons. The van der Waals surface area contributed by atoms with Crippen molar-refractivity contribution in [3.05, 3.63) is 59.7 Å². The van der Waals surface area contributed by atoms with E-state index in [9.17, 15) is 14.7 Å². The van der Waals surface area contributed by atoms with Gasteiger partial charge in [0, 0.05) is 5.56 Å². The topological polar surface area (TPSA) is 69.6 Å². The van der Waals surface area contributed by atoms with Gasteiger partial charge >= 0.3 is 6.03 Å². The van der Waals surface area contributed by atoms with E-state index in [1.807, 2.05) is 37.3 Å². The van der Waals surface area contributed by atoms with Crippen molar-refractivity contribution in [1.29, 1.82) is 0 Å². The van der Waals surface area contributed by atoms with Crippen molar-refractivity contribution in [2.75, 3.05) is 0 Å². The number of carbonyl (C=O) groups excluding carboxylic acids is 2. The molecule has 5 nitrogen and oxygen atoms in total. The van der Waals surface area contributed by atoms with Crippen LogP contribution in [0.25, 0.3) is 11.1 Å². The van der Waals surface area contributed by atoms with Crippen LogP contribution in [0.2, 0.25) is 0 Å². The summed E-state index contributed by atoms with van der Waals surface area (Å²) in [6.45, 7) is 3.62. The minimum atomic E-state index is -1.28. The van der Waals surface area contributed by atoms with E-state index in [0.29, 0.717) is 5.56 Å². The molecule has 2 aromatic carbocycles. The summed E-state index contributed by atoms with van der Waals surface area (Å²) in [7, 11) is 0. The van der Waals surface area contributed by atoms with E-state index in [0.717, 1.165) is 16.0 Å². The summed E-state index contributed by atoms with van der Waals surface area (Å²) in [5, 5.41) is 12.8. The highest BCUT2D eigenvalue weighted by Gasteiger charge is 2.39. The second-order valence-electron chi connectivity index (χ2n) is 5.74. The van der Waals surface area contributed by atoms with E-state index in [-0.39, 0.29) is 0 Å². The number of carbonyl (C=O) groups is 2. The van der Waals surface area contributed by atoms with Gasteiger partial charge in [-0.05, 0) is 25.0 Å². The number of nitrogens with zero attached hydrogens (tertiary/aromatic N) is 1. The van der Waals surface area contributed by atoms with Crippen LogP contribution in [0.1, 0.15) is 24.3 Å². The molecule has 23 heavy (non-hydrogen) atoms. The molecular weight excluding hydrogens is 292 g/mol. The maximum atomic E-state index is 11.9. The zero-order chi connectivity index (χ0) is 16.6. The molecule has 0 saturated carbocycles. The standard InChI is InChI=1S/C18H18N2O3/c1-11-4-3-5-15(10-11)13-6-8-14(9-7-13)17(22)20-16(21)12(2)19-18(20)23/h3-10,12,17,22H,1-2H3,(H,19,23)/t12-,17-/m1/s1. The molecule has 2 aromatic rings. The highest BCUT2D eigenvalue weighted by atomic mass is 16.3. The number of aliphatic hydroxyl groups is 1. The smallest absolute Gasteiger partial charge is 0.327 e. The van der Waals surface area contributed by atoms with Gasteiger partial charge < -0.3 is 10.4 Å². The summed E-state index contributed by atoms with van der Waals surface area (Å²) in [5.41, 5.74) is 3.75. The molecule has 1 aliphatic heterocycles. The molecule has 1 aliphatic rings. The van der Waals surface area contributed by atoms with Crippen molar-refractivity contribution < 1.29 is 14.7 Å². The van der Waals surface area contributed by atoms with Crippen LogP contribution in [0.3, 0.4) is 0 Å². The first-order chi connectivity index (χ1) is 11.0. The third-order valence-corrected chi connectivity index (χ3v) is 3.97. The molecule has 3 rings (SSSR count). The molecule has 3 amide bonds. The van der Waals surface area contributed by atoms with Gasteiger partial charge in [0.15, 0.2) is 6.23 Å². The quantitative estimate of drug-likeness (QED) is 0.856. The zero-order valence-corrected chi connectivity index (χ0v) is 13.0. The van der Waals surface area contributed by atoms with Gasteiger partial charge in [-0.1, -0.05) is 54.1 Å². The minimum Gasteiger partial charge on any atom is -0.369 e. The summed E-state index contributed by atoms with van der Waals surface area (Å²) in [5.74, 6) is -0.426. The number of urea groups is 1. The lowest BCUT2D eigenvalue weighted by atomic mass is 10.0. The molecule has 1 heterocycles. The maximum absolute atomic E-state index is 11.9. The average molecular weight is 310 g/mol. The van der Waals surface area contributed by atoms with Gasteiger partial charge in [-0.3, -0.25) is 4.79 Å². The molecule has 0 spiro atoms. The van der Waals surface area contributed by atoms with E-state index in [4.69, 9.17) is 0 Å². The summed E-state index contributed by atoms with van der Waals surface area (Å²) in [4.78, 5) is 24.6. The summed E-state index contributed by atoms with van der Waals surface area (Å²) in [6, 6.07) is 14.1. The van der Waals surface area contributed by atoms with E-state index < -0.39 is 24.2 Å². The molecule has 0 aromatic heterocycles. The molecular formula is C18H18N2O3. The fourth-order valence-electron chi connectivity index (χ4n) is 2.68. The van der Waals surface area contributed by atoms with Crippen LogP contribution in [0, 0.1) is 6.92 Å². The van der Waals surface area contributed by atoms with Crippen LogP contribution in [-0.2, 0) is 4.79 Å². The van der Waals surface area contributed by atoms with Gasteiger partial charge in [-0.2, -0.15) is 0 Å². The molecule has 5 heteroatoms. The summed E-state index contributed by atoms with van der Waals surface area (Å²) in [6.07, 6.45) is -1.28. The average Bonchev–Trinajstić information content (AvgIpc) is 2.79. The lowest BCUT2D eigenvalue weighted by Gasteiger charge is -2.20. The Balaban J connectivity index is 1.85. The Kier molecular flexibility index (Phi) is 3.88. The van der Waals surface area contributed by atoms with Crippen molar-refractivity contribution in [2.45, 2.75) is 26.1 Å². The molecule has 118 valence electrons. The van der Waals surface area contributed by atoms with Crippen LogP contribution >= 0.6 is 0 Å². The van der Waals surface area contributed by atoms with E-state index >= 15 is 0 Å². The van der Waals surface area contributed by atoms with Gasteiger partial charge in [0.25, 0.3) is 5.91 Å². The molecule has 1 saturated heterocycles. The first-order valence-electron chi connectivity index (χ1n) is 7.46. The lowest BCUT2D eigenvalue weighted by Crippen LogP contribution is -2.35. The maximum Gasteiger partial charge on any atom is 0.327 e. The number of aryl methyl sites for hydroxylation is 1. The Hall–Kier alpha value is -2.66. The van der Waals surface area contributed by atoms with Crippen molar-refractivity contribution in [1.82, 2.24) is 10.2 Å². The normalized spacial score (nSPS) is 18.9. The highest BCUT2D eigenvalue weighted by Crippen LogP contribution is 2.26. The van der Waals surface area contributed by atoms with Gasteiger partial charge in [0.2, 0.25) is 0 Å². The Bertz CT molecular complexity index is 755. The number of hydrogen-bond donors (Lipinski definition) is 2. The third-order valence-electron chi connectivity index (χ3n) is 3.97. The Morgan fingerprint density at radius 2 is 1.78 bits per heavy atom. The van der Waals surface area contributed by atoms with Crippen LogP contribution in [-0.4, -0.2) is 28.0 Å². The number of imide groups is 1. The number of rotatable bonds is 3. The molecule has 2 atom stereocenters. The number of aliphatic hydroxyl groups excluding tert-OH is 1. The molecule has 0 aliphatic carbocycles. The van der Waals surface area contributed by atoms with Crippen LogP contribution < -0.4 is 5.32 Å².